The first-order valence-electron chi connectivity index (χ1n) is 5.65. The van der Waals surface area contributed by atoms with Gasteiger partial charge in [-0.15, -0.1) is 5.10 Å². The highest BCUT2D eigenvalue weighted by molar-refractivity contribution is 5.46. The average Bonchev–Trinajstić information content (AvgIpc) is 2.73. The van der Waals surface area contributed by atoms with Crippen LogP contribution in [0, 0.1) is 12.8 Å². The first-order chi connectivity index (χ1) is 8.18. The number of para-hydroxylation sites is 2. The van der Waals surface area contributed by atoms with Gasteiger partial charge in [-0.25, -0.2) is 0 Å². The molecule has 0 saturated carbocycles. The summed E-state index contributed by atoms with van der Waals surface area (Å²) in [5.74, 6) is 2.03. The Hall–Kier alpha value is -1.91. The van der Waals surface area contributed by atoms with E-state index in [0.29, 0.717) is 12.5 Å². The van der Waals surface area contributed by atoms with Crippen LogP contribution in [0.5, 0.6) is 5.75 Å². The van der Waals surface area contributed by atoms with Crippen molar-refractivity contribution in [2.45, 2.75) is 20.8 Å². The molecule has 0 bridgehead atoms. The predicted octanol–water partition coefficient (Wildman–Crippen LogP) is 2.01. The molecule has 2 rings (SSSR count). The molecule has 90 valence electrons. The monoisotopic (exact) mass is 232 g/mol. The number of benzene rings is 1. The summed E-state index contributed by atoms with van der Waals surface area (Å²) in [4.78, 5) is 0. The molecule has 0 aliphatic carbocycles. The van der Waals surface area contributed by atoms with E-state index >= 15 is 0 Å². The summed E-state index contributed by atoms with van der Waals surface area (Å²) in [5, 5.41) is 11.5. The maximum atomic E-state index is 5.76. The molecule has 0 saturated heterocycles. The first kappa shape index (κ1) is 11.6. The third kappa shape index (κ3) is 2.61. The second-order valence-electron chi connectivity index (χ2n) is 4.31. The smallest absolute Gasteiger partial charge is 0.153 e. The number of hydrogen-bond acceptors (Lipinski definition) is 4. The SMILES string of the molecule is Cc1nnnn1-c1ccccc1OCC(C)C. The van der Waals surface area contributed by atoms with Crippen LogP contribution in [-0.4, -0.2) is 26.8 Å². The van der Waals surface area contributed by atoms with E-state index in [1.54, 1.807) is 4.68 Å². The molecule has 0 N–H and O–H groups in total. The summed E-state index contributed by atoms with van der Waals surface area (Å²) in [6, 6.07) is 7.76. The molecule has 1 aromatic carbocycles. The van der Waals surface area contributed by atoms with Gasteiger partial charge < -0.3 is 4.74 Å². The van der Waals surface area contributed by atoms with E-state index in [4.69, 9.17) is 4.74 Å². The van der Waals surface area contributed by atoms with Crippen molar-refractivity contribution in [3.05, 3.63) is 30.1 Å². The fourth-order valence-electron chi connectivity index (χ4n) is 1.46. The number of aromatic nitrogens is 4. The van der Waals surface area contributed by atoms with E-state index in [1.165, 1.54) is 0 Å². The van der Waals surface area contributed by atoms with E-state index in [1.807, 2.05) is 31.2 Å². The molecule has 0 aliphatic heterocycles. The topological polar surface area (TPSA) is 52.8 Å². The van der Waals surface area contributed by atoms with Crippen molar-refractivity contribution in [2.75, 3.05) is 6.61 Å². The van der Waals surface area contributed by atoms with Crippen molar-refractivity contribution in [3.63, 3.8) is 0 Å². The fourth-order valence-corrected chi connectivity index (χ4v) is 1.46. The van der Waals surface area contributed by atoms with E-state index in [9.17, 15) is 0 Å². The maximum Gasteiger partial charge on any atom is 0.153 e. The van der Waals surface area contributed by atoms with Gasteiger partial charge in [0, 0.05) is 0 Å². The zero-order valence-electron chi connectivity index (χ0n) is 10.3. The first-order valence-corrected chi connectivity index (χ1v) is 5.65. The Morgan fingerprint density at radius 1 is 1.29 bits per heavy atom. The molecule has 1 heterocycles. The van der Waals surface area contributed by atoms with Crippen LogP contribution in [0.2, 0.25) is 0 Å². The third-order valence-electron chi connectivity index (χ3n) is 2.29. The van der Waals surface area contributed by atoms with Gasteiger partial charge >= 0.3 is 0 Å². The van der Waals surface area contributed by atoms with Crippen LogP contribution in [0.15, 0.2) is 24.3 Å². The molecule has 0 fully saturated rings. The third-order valence-corrected chi connectivity index (χ3v) is 2.29. The number of tetrazole rings is 1. The van der Waals surface area contributed by atoms with Gasteiger partial charge in [-0.1, -0.05) is 26.0 Å². The zero-order chi connectivity index (χ0) is 12.3. The standard InChI is InChI=1S/C12H16N4O/c1-9(2)8-17-12-7-5-4-6-11(12)16-10(3)13-14-15-16/h4-7,9H,8H2,1-3H3. The van der Waals surface area contributed by atoms with Crippen molar-refractivity contribution in [1.29, 1.82) is 0 Å². The molecule has 0 atom stereocenters. The quantitative estimate of drug-likeness (QED) is 0.809. The predicted molar refractivity (Wildman–Crippen MR) is 64.2 cm³/mol. The fraction of sp³-hybridized carbons (Fsp3) is 0.417. The average molecular weight is 232 g/mol. The second kappa shape index (κ2) is 4.95. The van der Waals surface area contributed by atoms with Gasteiger partial charge in [-0.05, 0) is 35.4 Å². The van der Waals surface area contributed by atoms with Gasteiger partial charge in [0.15, 0.2) is 5.82 Å². The van der Waals surface area contributed by atoms with Crippen molar-refractivity contribution in [1.82, 2.24) is 20.2 Å². The highest BCUT2D eigenvalue weighted by atomic mass is 16.5. The van der Waals surface area contributed by atoms with E-state index in [-0.39, 0.29) is 0 Å². The molecule has 0 amide bonds. The summed E-state index contributed by atoms with van der Waals surface area (Å²) in [6.07, 6.45) is 0. The van der Waals surface area contributed by atoms with Crippen LogP contribution in [0.3, 0.4) is 0 Å². The molecule has 0 unspecified atom stereocenters. The van der Waals surface area contributed by atoms with E-state index in [0.717, 1.165) is 17.3 Å². The lowest BCUT2D eigenvalue weighted by atomic mass is 10.2. The summed E-state index contributed by atoms with van der Waals surface area (Å²) in [7, 11) is 0. The molecule has 0 spiro atoms. The molecular formula is C12H16N4O. The number of ether oxygens (including phenoxy) is 1. The normalized spacial score (nSPS) is 10.8. The summed E-state index contributed by atoms with van der Waals surface area (Å²) in [6.45, 7) is 6.77. The molecule has 0 aliphatic rings. The van der Waals surface area contributed by atoms with Crippen molar-refractivity contribution < 1.29 is 4.74 Å². The van der Waals surface area contributed by atoms with Crippen LogP contribution >= 0.6 is 0 Å². The van der Waals surface area contributed by atoms with Gasteiger partial charge in [0.1, 0.15) is 11.4 Å². The Bertz CT molecular complexity index is 493. The Kier molecular flexibility index (Phi) is 3.37. The van der Waals surface area contributed by atoms with Crippen molar-refractivity contribution in [2.24, 2.45) is 5.92 Å². The minimum atomic E-state index is 0.484. The second-order valence-corrected chi connectivity index (χ2v) is 4.31. The van der Waals surface area contributed by atoms with Gasteiger partial charge in [0.05, 0.1) is 6.61 Å². The molecule has 1 aromatic heterocycles. The van der Waals surface area contributed by atoms with Crippen LogP contribution in [0.25, 0.3) is 5.69 Å². The number of rotatable bonds is 4. The van der Waals surface area contributed by atoms with Crippen molar-refractivity contribution >= 4 is 0 Å². The Morgan fingerprint density at radius 3 is 2.71 bits per heavy atom. The molecule has 5 heteroatoms. The number of nitrogens with zero attached hydrogens (tertiary/aromatic N) is 4. The molecular weight excluding hydrogens is 216 g/mol. The highest BCUT2D eigenvalue weighted by Crippen LogP contribution is 2.22. The van der Waals surface area contributed by atoms with Crippen LogP contribution in [-0.2, 0) is 0 Å². The lowest BCUT2D eigenvalue weighted by Gasteiger charge is -2.12. The van der Waals surface area contributed by atoms with E-state index in [2.05, 4.69) is 29.4 Å². The molecule has 5 nitrogen and oxygen atoms in total. The number of aryl methyl sites for hydroxylation is 1. The van der Waals surface area contributed by atoms with Gasteiger partial charge in [-0.2, -0.15) is 4.68 Å². The van der Waals surface area contributed by atoms with Crippen LogP contribution in [0.4, 0.5) is 0 Å². The van der Waals surface area contributed by atoms with Gasteiger partial charge in [0.2, 0.25) is 0 Å². The zero-order valence-corrected chi connectivity index (χ0v) is 10.3. The largest absolute Gasteiger partial charge is 0.491 e. The summed E-state index contributed by atoms with van der Waals surface area (Å²) >= 11 is 0. The molecule has 0 radical (unpaired) electrons. The summed E-state index contributed by atoms with van der Waals surface area (Å²) in [5.41, 5.74) is 0.871. The Morgan fingerprint density at radius 2 is 2.06 bits per heavy atom. The Balaban J connectivity index is 2.31. The van der Waals surface area contributed by atoms with Crippen molar-refractivity contribution in [3.8, 4) is 11.4 Å². The minimum Gasteiger partial charge on any atom is -0.491 e. The lowest BCUT2D eigenvalue weighted by molar-refractivity contribution is 0.270. The molecule has 2 aromatic rings. The Labute approximate surface area is 100 Å². The lowest BCUT2D eigenvalue weighted by Crippen LogP contribution is -2.08. The summed E-state index contributed by atoms with van der Waals surface area (Å²) < 4.78 is 7.44. The van der Waals surface area contributed by atoms with E-state index < -0.39 is 0 Å². The molecule has 17 heavy (non-hydrogen) atoms. The van der Waals surface area contributed by atoms with Crippen LogP contribution in [0.1, 0.15) is 19.7 Å². The minimum absolute atomic E-state index is 0.484. The number of hydrogen-bond donors (Lipinski definition) is 0. The highest BCUT2D eigenvalue weighted by Gasteiger charge is 2.09. The maximum absolute atomic E-state index is 5.76. The van der Waals surface area contributed by atoms with Gasteiger partial charge in [0.25, 0.3) is 0 Å². The van der Waals surface area contributed by atoms with Crippen LogP contribution < -0.4 is 4.74 Å². The van der Waals surface area contributed by atoms with Gasteiger partial charge in [-0.3, -0.25) is 0 Å².